The number of aromatic nitrogens is 1. The van der Waals surface area contributed by atoms with Crippen LogP contribution in [0.2, 0.25) is 0 Å². The van der Waals surface area contributed by atoms with Gasteiger partial charge >= 0.3 is 0 Å². The van der Waals surface area contributed by atoms with Crippen LogP contribution in [0.4, 0.5) is 11.4 Å². The van der Waals surface area contributed by atoms with Gasteiger partial charge in [-0.1, -0.05) is 12.6 Å². The average molecular weight is 330 g/mol. The number of hydrogen-bond acceptors (Lipinski definition) is 3. The summed E-state index contributed by atoms with van der Waals surface area (Å²) in [5.74, 6) is -0.349. The summed E-state index contributed by atoms with van der Waals surface area (Å²) in [5.41, 5.74) is 4.03. The predicted octanol–water partition coefficient (Wildman–Crippen LogP) is 3.40. The second-order valence-corrected chi connectivity index (χ2v) is 5.29. The summed E-state index contributed by atoms with van der Waals surface area (Å²) >= 11 is 0. The molecule has 2 amide bonds. The van der Waals surface area contributed by atoms with E-state index in [9.17, 15) is 14.9 Å². The Balaban J connectivity index is 2.16. The minimum Gasteiger partial charge on any atom is -0.359 e. The van der Waals surface area contributed by atoms with Gasteiger partial charge in [0.15, 0.2) is 0 Å². The molecule has 0 radical (unpaired) electrons. The third kappa shape index (κ3) is 3.12. The topological polar surface area (TPSA) is 97.8 Å². The van der Waals surface area contributed by atoms with Crippen LogP contribution < -0.4 is 10.6 Å². The second kappa shape index (κ2) is 6.72. The maximum Gasteiger partial charge on any atom is 0.247 e. The van der Waals surface area contributed by atoms with Crippen LogP contribution in [0.1, 0.15) is 5.56 Å². The van der Waals surface area contributed by atoms with Crippen LogP contribution in [-0.2, 0) is 9.59 Å². The molecular formula is C19H14N4O2. The highest BCUT2D eigenvalue weighted by Gasteiger charge is 2.11. The Hall–Kier alpha value is -3.85. The molecule has 0 aliphatic carbocycles. The quantitative estimate of drug-likeness (QED) is 0.494. The summed E-state index contributed by atoms with van der Waals surface area (Å²) in [6, 6.07) is 12.8. The molecule has 25 heavy (non-hydrogen) atoms. The maximum atomic E-state index is 11.6. The van der Waals surface area contributed by atoms with Gasteiger partial charge in [0.05, 0.1) is 22.8 Å². The Labute approximate surface area is 143 Å². The normalized spacial score (nSPS) is 10.0. The summed E-state index contributed by atoms with van der Waals surface area (Å²) in [4.78, 5) is 25.4. The van der Waals surface area contributed by atoms with Gasteiger partial charge < -0.3 is 15.6 Å². The summed E-state index contributed by atoms with van der Waals surface area (Å²) in [6.45, 7) is 3.42. The van der Waals surface area contributed by atoms with Crippen LogP contribution in [-0.4, -0.2) is 17.3 Å². The first-order chi connectivity index (χ1) is 12.2. The molecule has 0 atom stereocenters. The van der Waals surface area contributed by atoms with Crippen molar-refractivity contribution < 1.29 is 9.59 Å². The summed E-state index contributed by atoms with van der Waals surface area (Å²) in [5, 5.41) is 15.5. The van der Waals surface area contributed by atoms with Crippen LogP contribution >= 0.6 is 0 Å². The third-order valence-electron chi connectivity index (χ3n) is 3.76. The molecule has 0 saturated heterocycles. The fourth-order valence-corrected chi connectivity index (χ4v) is 2.71. The Bertz CT molecular complexity index is 1030. The number of amides is 2. The molecule has 0 spiro atoms. The molecule has 6 heteroatoms. The summed E-state index contributed by atoms with van der Waals surface area (Å²) in [7, 11) is 0. The molecular weight excluding hydrogens is 316 g/mol. The minimum atomic E-state index is -0.349. The molecule has 0 aliphatic heterocycles. The number of nitriles is 1. The molecule has 2 aromatic carbocycles. The van der Waals surface area contributed by atoms with Gasteiger partial charge in [0.2, 0.25) is 12.3 Å². The number of carbonyl (C=O) groups excluding carboxylic acids is 2. The van der Waals surface area contributed by atoms with Crippen LogP contribution in [0.3, 0.4) is 0 Å². The summed E-state index contributed by atoms with van der Waals surface area (Å²) in [6.07, 6.45) is 3.57. The van der Waals surface area contributed by atoms with Crippen LogP contribution in [0.5, 0.6) is 0 Å². The SMILES string of the molecule is C=CC(=O)Nc1cc(C#N)cc(-c2ccc(NC=O)c3[nH]ccc23)c1. The Morgan fingerprint density at radius 3 is 2.80 bits per heavy atom. The van der Waals surface area contributed by atoms with E-state index in [4.69, 9.17) is 0 Å². The molecule has 3 rings (SSSR count). The predicted molar refractivity (Wildman–Crippen MR) is 97.0 cm³/mol. The number of nitrogens with zero attached hydrogens (tertiary/aromatic N) is 1. The number of H-pyrrole nitrogens is 1. The number of anilines is 2. The Kier molecular flexibility index (Phi) is 4.31. The highest BCUT2D eigenvalue weighted by molar-refractivity contribution is 6.04. The van der Waals surface area contributed by atoms with E-state index in [1.54, 1.807) is 30.5 Å². The maximum absolute atomic E-state index is 11.6. The van der Waals surface area contributed by atoms with Crippen molar-refractivity contribution in [2.45, 2.75) is 0 Å². The molecule has 1 aromatic heterocycles. The second-order valence-electron chi connectivity index (χ2n) is 5.29. The van der Waals surface area contributed by atoms with E-state index < -0.39 is 0 Å². The highest BCUT2D eigenvalue weighted by Crippen LogP contribution is 2.34. The first-order valence-electron chi connectivity index (χ1n) is 7.45. The lowest BCUT2D eigenvalue weighted by molar-refractivity contribution is -0.112. The average Bonchev–Trinajstić information content (AvgIpc) is 3.11. The minimum absolute atomic E-state index is 0.349. The molecule has 0 fully saturated rings. The third-order valence-corrected chi connectivity index (χ3v) is 3.76. The molecule has 0 unspecified atom stereocenters. The number of rotatable bonds is 5. The zero-order valence-corrected chi connectivity index (χ0v) is 13.2. The van der Waals surface area contributed by atoms with Crippen molar-refractivity contribution >= 4 is 34.6 Å². The number of fused-ring (bicyclic) bond motifs is 1. The largest absolute Gasteiger partial charge is 0.359 e. The number of benzene rings is 2. The van der Waals surface area contributed by atoms with Gasteiger partial charge in [0.1, 0.15) is 0 Å². The first kappa shape index (κ1) is 16.0. The fraction of sp³-hybridized carbons (Fsp3) is 0. The molecule has 6 nitrogen and oxygen atoms in total. The van der Waals surface area contributed by atoms with Gasteiger partial charge in [0, 0.05) is 17.3 Å². The van der Waals surface area contributed by atoms with Crippen LogP contribution in [0.15, 0.2) is 55.3 Å². The number of nitrogens with one attached hydrogen (secondary N) is 3. The van der Waals surface area contributed by atoms with E-state index in [0.29, 0.717) is 23.3 Å². The van der Waals surface area contributed by atoms with Gasteiger partial charge in [-0.15, -0.1) is 0 Å². The lowest BCUT2D eigenvalue weighted by atomic mass is 9.98. The lowest BCUT2D eigenvalue weighted by Gasteiger charge is -2.10. The standard InChI is InChI=1S/C19H14N4O2/c1-2-18(25)23-14-8-12(10-20)7-13(9-14)15-3-4-17(22-11-24)19-16(15)5-6-21-19/h2-9,11,21H,1H2,(H,22,24)(H,23,25). The van der Waals surface area contributed by atoms with E-state index in [1.807, 2.05) is 12.1 Å². The van der Waals surface area contributed by atoms with Crippen molar-refractivity contribution in [1.29, 1.82) is 5.26 Å². The molecule has 0 saturated carbocycles. The van der Waals surface area contributed by atoms with Crippen molar-refractivity contribution in [1.82, 2.24) is 4.98 Å². The van der Waals surface area contributed by atoms with Crippen molar-refractivity contribution in [2.75, 3.05) is 10.6 Å². The van der Waals surface area contributed by atoms with E-state index in [2.05, 4.69) is 28.3 Å². The van der Waals surface area contributed by atoms with Gasteiger partial charge in [0.25, 0.3) is 0 Å². The van der Waals surface area contributed by atoms with Crippen molar-refractivity contribution in [3.05, 3.63) is 60.8 Å². The van der Waals surface area contributed by atoms with Crippen molar-refractivity contribution in [3.63, 3.8) is 0 Å². The van der Waals surface area contributed by atoms with Crippen molar-refractivity contribution in [3.8, 4) is 17.2 Å². The summed E-state index contributed by atoms with van der Waals surface area (Å²) < 4.78 is 0. The first-order valence-corrected chi connectivity index (χ1v) is 7.45. The van der Waals surface area contributed by atoms with E-state index in [0.717, 1.165) is 22.0 Å². The smallest absolute Gasteiger partial charge is 0.247 e. The number of hydrogen-bond donors (Lipinski definition) is 3. The molecule has 0 aliphatic rings. The van der Waals surface area contributed by atoms with Crippen molar-refractivity contribution in [2.24, 2.45) is 0 Å². The fourth-order valence-electron chi connectivity index (χ4n) is 2.71. The highest BCUT2D eigenvalue weighted by atomic mass is 16.1. The van der Waals surface area contributed by atoms with Crippen LogP contribution in [0.25, 0.3) is 22.0 Å². The monoisotopic (exact) mass is 330 g/mol. The number of carbonyl (C=O) groups is 2. The van der Waals surface area contributed by atoms with Crippen LogP contribution in [0, 0.1) is 11.3 Å². The lowest BCUT2D eigenvalue weighted by Crippen LogP contribution is -2.07. The molecule has 0 bridgehead atoms. The zero-order valence-electron chi connectivity index (χ0n) is 13.2. The molecule has 122 valence electrons. The molecule has 3 aromatic rings. The Morgan fingerprint density at radius 2 is 2.08 bits per heavy atom. The van der Waals surface area contributed by atoms with E-state index in [1.165, 1.54) is 6.08 Å². The Morgan fingerprint density at radius 1 is 1.24 bits per heavy atom. The van der Waals surface area contributed by atoms with Gasteiger partial charge in [-0.05, 0) is 47.5 Å². The van der Waals surface area contributed by atoms with Gasteiger partial charge in [-0.25, -0.2) is 0 Å². The van der Waals surface area contributed by atoms with Gasteiger partial charge in [-0.2, -0.15) is 5.26 Å². The molecule has 3 N–H and O–H groups in total. The van der Waals surface area contributed by atoms with Gasteiger partial charge in [-0.3, -0.25) is 9.59 Å². The molecule has 1 heterocycles. The van der Waals surface area contributed by atoms with E-state index in [-0.39, 0.29) is 5.91 Å². The number of aromatic amines is 1. The zero-order chi connectivity index (χ0) is 17.8. The van der Waals surface area contributed by atoms with E-state index >= 15 is 0 Å².